The molecule has 0 spiro atoms. The van der Waals surface area contributed by atoms with Crippen molar-refractivity contribution in [2.45, 2.75) is 29.0 Å². The molecule has 1 aromatic carbocycles. The van der Waals surface area contributed by atoms with Crippen LogP contribution in [-0.4, -0.2) is 52.7 Å². The van der Waals surface area contributed by atoms with Crippen molar-refractivity contribution >= 4 is 42.9 Å². The molecule has 3 N–H and O–H groups in total. The summed E-state index contributed by atoms with van der Waals surface area (Å²) in [4.78, 5) is -0.0206. The Labute approximate surface area is 152 Å². The highest BCUT2D eigenvalue weighted by Crippen LogP contribution is 2.30. The van der Waals surface area contributed by atoms with Gasteiger partial charge in [-0.2, -0.15) is 0 Å². The lowest BCUT2D eigenvalue weighted by Gasteiger charge is -2.20. The van der Waals surface area contributed by atoms with Gasteiger partial charge in [0.15, 0.2) is 19.7 Å². The van der Waals surface area contributed by atoms with Crippen LogP contribution in [-0.2, 0) is 19.7 Å². The molecular formula is C14H20Cl2N2O4S2. The zero-order chi connectivity index (χ0) is 18.0. The van der Waals surface area contributed by atoms with Crippen LogP contribution in [0.1, 0.15) is 12.8 Å². The van der Waals surface area contributed by atoms with Crippen LogP contribution >= 0.6 is 23.2 Å². The molecule has 1 heterocycles. The Bertz CT molecular complexity index is 797. The summed E-state index contributed by atoms with van der Waals surface area (Å²) in [6, 6.07) is 3.35. The van der Waals surface area contributed by atoms with Crippen LogP contribution < -0.4 is 11.1 Å². The highest BCUT2D eigenvalue weighted by Gasteiger charge is 2.45. The Kier molecular flexibility index (Phi) is 6.55. The molecule has 1 aliphatic rings. The minimum atomic E-state index is -3.85. The number of sulfone groups is 2. The van der Waals surface area contributed by atoms with E-state index in [2.05, 4.69) is 5.32 Å². The predicted octanol–water partition coefficient (Wildman–Crippen LogP) is 1.26. The van der Waals surface area contributed by atoms with Crippen LogP contribution in [0.3, 0.4) is 0 Å². The number of benzene rings is 1. The highest BCUT2D eigenvalue weighted by atomic mass is 35.5. The number of rotatable bonds is 7. The first-order valence-electron chi connectivity index (χ1n) is 7.50. The zero-order valence-corrected chi connectivity index (χ0v) is 16.1. The summed E-state index contributed by atoms with van der Waals surface area (Å²) >= 11 is 11.7. The van der Waals surface area contributed by atoms with Gasteiger partial charge >= 0.3 is 0 Å². The van der Waals surface area contributed by atoms with E-state index < -0.39 is 36.7 Å². The van der Waals surface area contributed by atoms with Gasteiger partial charge in [-0.1, -0.05) is 23.2 Å². The lowest BCUT2D eigenvalue weighted by molar-refractivity contribution is 0.515. The van der Waals surface area contributed by atoms with Crippen molar-refractivity contribution in [3.63, 3.8) is 0 Å². The van der Waals surface area contributed by atoms with Crippen molar-refractivity contribution in [1.82, 2.24) is 5.32 Å². The van der Waals surface area contributed by atoms with Crippen molar-refractivity contribution < 1.29 is 16.8 Å². The fraction of sp³-hybridized carbons (Fsp3) is 0.571. The van der Waals surface area contributed by atoms with Crippen LogP contribution in [0.15, 0.2) is 23.1 Å². The monoisotopic (exact) mass is 414 g/mol. The fourth-order valence-corrected chi connectivity index (χ4v) is 7.80. The Morgan fingerprint density at radius 2 is 1.88 bits per heavy atom. The highest BCUT2D eigenvalue weighted by molar-refractivity contribution is 7.96. The third-order valence-corrected chi connectivity index (χ3v) is 8.84. The first kappa shape index (κ1) is 19.9. The first-order chi connectivity index (χ1) is 11.2. The van der Waals surface area contributed by atoms with Gasteiger partial charge in [-0.3, -0.25) is 0 Å². The van der Waals surface area contributed by atoms with E-state index in [0.29, 0.717) is 13.1 Å². The van der Waals surface area contributed by atoms with E-state index in [-0.39, 0.29) is 20.7 Å². The van der Waals surface area contributed by atoms with Crippen LogP contribution in [0.2, 0.25) is 10.0 Å². The summed E-state index contributed by atoms with van der Waals surface area (Å²) in [5, 5.41) is 2.37. The molecule has 2 atom stereocenters. The Morgan fingerprint density at radius 3 is 2.50 bits per heavy atom. The first-order valence-corrected chi connectivity index (χ1v) is 11.6. The molecule has 1 aliphatic heterocycles. The molecule has 0 saturated carbocycles. The quantitative estimate of drug-likeness (QED) is 0.650. The van der Waals surface area contributed by atoms with Gasteiger partial charge in [0.25, 0.3) is 0 Å². The lowest BCUT2D eigenvalue weighted by Crippen LogP contribution is -2.43. The molecule has 1 fully saturated rings. The van der Waals surface area contributed by atoms with E-state index >= 15 is 0 Å². The zero-order valence-electron chi connectivity index (χ0n) is 12.9. The summed E-state index contributed by atoms with van der Waals surface area (Å²) in [7, 11) is -7.27. The molecule has 0 aliphatic carbocycles. The van der Waals surface area contributed by atoms with Crippen molar-refractivity contribution in [2.75, 3.05) is 24.6 Å². The maximum atomic E-state index is 12.9. The molecule has 1 saturated heterocycles. The van der Waals surface area contributed by atoms with E-state index in [1.165, 1.54) is 18.2 Å². The Balaban J connectivity index is 2.26. The van der Waals surface area contributed by atoms with Crippen LogP contribution in [0, 0.1) is 0 Å². The standard InChI is InChI=1S/C14H20Cl2N2O4S2/c15-11-4-3-10(7-12(11)16)24(21,22)14-9-23(19,20)8-13(14)18-6-2-1-5-17/h3-4,7,13-14,18H,1-2,5-6,8-9,17H2/t13-,14-/m0/s1. The molecule has 2 rings (SSSR count). The van der Waals surface area contributed by atoms with Crippen molar-refractivity contribution in [3.8, 4) is 0 Å². The molecule has 136 valence electrons. The number of hydrogen-bond acceptors (Lipinski definition) is 6. The van der Waals surface area contributed by atoms with Gasteiger partial charge in [-0.25, -0.2) is 16.8 Å². The molecule has 0 amide bonds. The number of unbranched alkanes of at least 4 members (excludes halogenated alkanes) is 1. The molecule has 0 unspecified atom stereocenters. The largest absolute Gasteiger partial charge is 0.330 e. The molecule has 24 heavy (non-hydrogen) atoms. The average Bonchev–Trinajstić information content (AvgIpc) is 2.82. The lowest BCUT2D eigenvalue weighted by atomic mass is 10.2. The predicted molar refractivity (Wildman–Crippen MR) is 96.2 cm³/mol. The van der Waals surface area contributed by atoms with Gasteiger partial charge in [0.2, 0.25) is 0 Å². The van der Waals surface area contributed by atoms with Gasteiger partial charge < -0.3 is 11.1 Å². The number of hydrogen-bond donors (Lipinski definition) is 2. The molecule has 1 aromatic rings. The molecule has 6 nitrogen and oxygen atoms in total. The van der Waals surface area contributed by atoms with Crippen LogP contribution in [0.4, 0.5) is 0 Å². The Hall–Kier alpha value is -0.380. The van der Waals surface area contributed by atoms with Crippen molar-refractivity contribution in [1.29, 1.82) is 0 Å². The minimum absolute atomic E-state index is 0.0206. The van der Waals surface area contributed by atoms with E-state index in [1.54, 1.807) is 0 Å². The van der Waals surface area contributed by atoms with Crippen LogP contribution in [0.25, 0.3) is 0 Å². The molecule has 0 aromatic heterocycles. The van der Waals surface area contributed by atoms with Gasteiger partial charge in [-0.05, 0) is 44.1 Å². The van der Waals surface area contributed by atoms with E-state index in [1.807, 2.05) is 0 Å². The normalized spacial score (nSPS) is 23.5. The van der Waals surface area contributed by atoms with Gasteiger partial charge in [-0.15, -0.1) is 0 Å². The molecule has 0 radical (unpaired) electrons. The minimum Gasteiger partial charge on any atom is -0.330 e. The second-order valence-corrected chi connectivity index (χ2v) is 10.9. The topological polar surface area (TPSA) is 106 Å². The summed E-state index contributed by atoms with van der Waals surface area (Å²) in [5.74, 6) is -0.592. The summed E-state index contributed by atoms with van der Waals surface area (Å²) in [6.07, 6.45) is 1.54. The van der Waals surface area contributed by atoms with Gasteiger partial charge in [0.05, 0.1) is 31.7 Å². The number of nitrogens with one attached hydrogen (secondary N) is 1. The molecule has 0 bridgehead atoms. The third-order valence-electron chi connectivity index (χ3n) is 3.96. The van der Waals surface area contributed by atoms with Crippen molar-refractivity contribution in [3.05, 3.63) is 28.2 Å². The number of halogens is 2. The maximum absolute atomic E-state index is 12.9. The Morgan fingerprint density at radius 1 is 1.17 bits per heavy atom. The summed E-state index contributed by atoms with van der Waals surface area (Å²) in [6.45, 7) is 1.06. The smallest absolute Gasteiger partial charge is 0.183 e. The van der Waals surface area contributed by atoms with Crippen LogP contribution in [0.5, 0.6) is 0 Å². The second-order valence-electron chi connectivity index (χ2n) is 5.79. The maximum Gasteiger partial charge on any atom is 0.183 e. The fourth-order valence-electron chi connectivity index (χ4n) is 2.70. The average molecular weight is 415 g/mol. The molecular weight excluding hydrogens is 395 g/mol. The second kappa shape index (κ2) is 7.88. The van der Waals surface area contributed by atoms with E-state index in [4.69, 9.17) is 28.9 Å². The number of nitrogens with two attached hydrogens (primary N) is 1. The SMILES string of the molecule is NCCCCN[C@H]1CS(=O)(=O)C[C@@H]1S(=O)(=O)c1ccc(Cl)c(Cl)c1. The molecule has 10 heteroatoms. The van der Waals surface area contributed by atoms with E-state index in [9.17, 15) is 16.8 Å². The van der Waals surface area contributed by atoms with Gasteiger partial charge in [0.1, 0.15) is 0 Å². The summed E-state index contributed by atoms with van der Waals surface area (Å²) in [5.41, 5.74) is 5.42. The van der Waals surface area contributed by atoms with E-state index in [0.717, 1.165) is 12.8 Å². The summed E-state index contributed by atoms with van der Waals surface area (Å²) < 4.78 is 49.7. The third kappa shape index (κ3) is 4.62. The van der Waals surface area contributed by atoms with Gasteiger partial charge in [0, 0.05) is 6.04 Å². The van der Waals surface area contributed by atoms with Crippen molar-refractivity contribution in [2.24, 2.45) is 5.73 Å².